The Morgan fingerprint density at radius 1 is 1.14 bits per heavy atom. The van der Waals surface area contributed by atoms with Gasteiger partial charge >= 0.3 is 0 Å². The standard InChI is InChI=1S/C22H25N5O/c1-16-8-9-19(12-17(16)2)22(28)26-11-5-6-18(13-26)14-27-15-21(24-25-27)20-7-3-4-10-23-20/h3-4,7-10,12,15,18H,5-6,11,13-14H2,1-2H3. The Hall–Kier alpha value is -3.02. The van der Waals surface area contributed by atoms with Crippen molar-refractivity contribution >= 4 is 5.91 Å². The van der Waals surface area contributed by atoms with E-state index in [1.54, 1.807) is 6.20 Å². The highest BCUT2D eigenvalue weighted by Gasteiger charge is 2.25. The highest BCUT2D eigenvalue weighted by atomic mass is 16.2. The Balaban J connectivity index is 1.42. The van der Waals surface area contributed by atoms with Crippen molar-refractivity contribution < 1.29 is 4.79 Å². The maximum atomic E-state index is 12.9. The van der Waals surface area contributed by atoms with Crippen molar-refractivity contribution in [3.63, 3.8) is 0 Å². The summed E-state index contributed by atoms with van der Waals surface area (Å²) in [4.78, 5) is 19.2. The minimum Gasteiger partial charge on any atom is -0.338 e. The monoisotopic (exact) mass is 375 g/mol. The minimum absolute atomic E-state index is 0.126. The number of likely N-dealkylation sites (tertiary alicyclic amines) is 1. The molecule has 2 aromatic heterocycles. The lowest BCUT2D eigenvalue weighted by Gasteiger charge is -2.32. The Labute approximate surface area is 165 Å². The average Bonchev–Trinajstić information content (AvgIpc) is 3.19. The van der Waals surface area contributed by atoms with Gasteiger partial charge in [-0.3, -0.25) is 14.5 Å². The predicted octanol–water partition coefficient (Wildman–Crippen LogP) is 3.51. The van der Waals surface area contributed by atoms with Gasteiger partial charge in [-0.1, -0.05) is 17.3 Å². The minimum atomic E-state index is 0.126. The molecule has 3 aromatic rings. The van der Waals surface area contributed by atoms with Crippen molar-refractivity contribution in [2.75, 3.05) is 13.1 Å². The van der Waals surface area contributed by atoms with Crippen LogP contribution in [0.25, 0.3) is 11.4 Å². The molecule has 1 atom stereocenters. The summed E-state index contributed by atoms with van der Waals surface area (Å²) < 4.78 is 1.87. The molecule has 3 heterocycles. The molecule has 1 aromatic carbocycles. The van der Waals surface area contributed by atoms with E-state index in [-0.39, 0.29) is 5.91 Å². The third kappa shape index (κ3) is 3.96. The Morgan fingerprint density at radius 2 is 2.04 bits per heavy atom. The van der Waals surface area contributed by atoms with Crippen LogP contribution < -0.4 is 0 Å². The number of pyridine rings is 1. The molecule has 144 valence electrons. The first-order valence-corrected chi connectivity index (χ1v) is 9.78. The van der Waals surface area contributed by atoms with Crippen molar-refractivity contribution in [2.24, 2.45) is 5.92 Å². The third-order valence-corrected chi connectivity index (χ3v) is 5.47. The highest BCUT2D eigenvalue weighted by Crippen LogP contribution is 2.22. The van der Waals surface area contributed by atoms with Gasteiger partial charge in [-0.2, -0.15) is 0 Å². The Kier molecular flexibility index (Phi) is 5.19. The van der Waals surface area contributed by atoms with Crippen LogP contribution in [0.4, 0.5) is 0 Å². The van der Waals surface area contributed by atoms with Crippen LogP contribution in [0.15, 0.2) is 48.8 Å². The molecule has 1 aliphatic rings. The summed E-state index contributed by atoms with van der Waals surface area (Å²) in [5.41, 5.74) is 4.75. The Bertz CT molecular complexity index is 966. The van der Waals surface area contributed by atoms with Crippen molar-refractivity contribution in [1.82, 2.24) is 24.9 Å². The second kappa shape index (κ2) is 7.92. The van der Waals surface area contributed by atoms with E-state index in [9.17, 15) is 4.79 Å². The number of amides is 1. The van der Waals surface area contributed by atoms with Crippen molar-refractivity contribution in [2.45, 2.75) is 33.2 Å². The van der Waals surface area contributed by atoms with Crippen molar-refractivity contribution in [3.8, 4) is 11.4 Å². The largest absolute Gasteiger partial charge is 0.338 e. The molecule has 4 rings (SSSR count). The van der Waals surface area contributed by atoms with Gasteiger partial charge in [-0.25, -0.2) is 0 Å². The molecule has 6 heteroatoms. The maximum absolute atomic E-state index is 12.9. The van der Waals surface area contributed by atoms with Crippen LogP contribution in [-0.2, 0) is 6.54 Å². The van der Waals surface area contributed by atoms with E-state index in [0.717, 1.165) is 55.0 Å². The van der Waals surface area contributed by atoms with Gasteiger partial charge < -0.3 is 4.90 Å². The van der Waals surface area contributed by atoms with Crippen LogP contribution in [0.1, 0.15) is 34.3 Å². The summed E-state index contributed by atoms with van der Waals surface area (Å²) >= 11 is 0. The second-order valence-corrected chi connectivity index (χ2v) is 7.60. The predicted molar refractivity (Wildman–Crippen MR) is 108 cm³/mol. The number of rotatable bonds is 4. The summed E-state index contributed by atoms with van der Waals surface area (Å²) in [5.74, 6) is 0.503. The van der Waals surface area contributed by atoms with E-state index in [1.807, 2.05) is 52.2 Å². The Morgan fingerprint density at radius 3 is 2.82 bits per heavy atom. The summed E-state index contributed by atoms with van der Waals surface area (Å²) in [6, 6.07) is 11.7. The molecule has 0 bridgehead atoms. The van der Waals surface area contributed by atoms with Crippen LogP contribution >= 0.6 is 0 Å². The first-order chi connectivity index (χ1) is 13.6. The first kappa shape index (κ1) is 18.3. The summed E-state index contributed by atoms with van der Waals surface area (Å²) in [7, 11) is 0. The number of carbonyl (C=O) groups excluding carboxylic acids is 1. The second-order valence-electron chi connectivity index (χ2n) is 7.60. The van der Waals surface area contributed by atoms with E-state index in [0.29, 0.717) is 5.92 Å². The molecule has 0 spiro atoms. The molecule has 28 heavy (non-hydrogen) atoms. The van der Waals surface area contributed by atoms with Crippen molar-refractivity contribution in [1.29, 1.82) is 0 Å². The zero-order valence-electron chi connectivity index (χ0n) is 16.4. The molecule has 6 nitrogen and oxygen atoms in total. The fourth-order valence-corrected chi connectivity index (χ4v) is 3.74. The van der Waals surface area contributed by atoms with E-state index < -0.39 is 0 Å². The molecule has 1 amide bonds. The molecule has 1 unspecified atom stereocenters. The van der Waals surface area contributed by atoms with Gasteiger partial charge in [0.2, 0.25) is 0 Å². The first-order valence-electron chi connectivity index (χ1n) is 9.78. The van der Waals surface area contributed by atoms with E-state index in [1.165, 1.54) is 5.56 Å². The summed E-state index contributed by atoms with van der Waals surface area (Å²) in [6.45, 7) is 6.45. The lowest BCUT2D eigenvalue weighted by atomic mass is 9.97. The quantitative estimate of drug-likeness (QED) is 0.700. The zero-order valence-corrected chi connectivity index (χ0v) is 16.4. The van der Waals surface area contributed by atoms with E-state index >= 15 is 0 Å². The van der Waals surface area contributed by atoms with Gasteiger partial charge in [0.05, 0.1) is 11.9 Å². The molecule has 1 saturated heterocycles. The number of piperidine rings is 1. The average molecular weight is 375 g/mol. The number of carbonyl (C=O) groups is 1. The van der Waals surface area contributed by atoms with Crippen LogP contribution in [0.5, 0.6) is 0 Å². The lowest BCUT2D eigenvalue weighted by molar-refractivity contribution is 0.0659. The number of hydrogen-bond acceptors (Lipinski definition) is 4. The van der Waals surface area contributed by atoms with E-state index in [2.05, 4.69) is 29.1 Å². The maximum Gasteiger partial charge on any atom is 0.253 e. The van der Waals surface area contributed by atoms with Gasteiger partial charge in [0.1, 0.15) is 5.69 Å². The number of aromatic nitrogens is 4. The number of aryl methyl sites for hydroxylation is 2. The molecule has 1 aliphatic heterocycles. The SMILES string of the molecule is Cc1ccc(C(=O)N2CCCC(Cn3cc(-c4ccccn4)nn3)C2)cc1C. The lowest BCUT2D eigenvalue weighted by Crippen LogP contribution is -2.41. The molecular formula is C22H25N5O. The normalized spacial score (nSPS) is 16.9. The van der Waals surface area contributed by atoms with Gasteiger partial charge in [0.25, 0.3) is 5.91 Å². The van der Waals surface area contributed by atoms with Gasteiger partial charge in [0, 0.05) is 31.4 Å². The molecule has 0 N–H and O–H groups in total. The van der Waals surface area contributed by atoms with Crippen LogP contribution in [0.2, 0.25) is 0 Å². The third-order valence-electron chi connectivity index (χ3n) is 5.47. The fraction of sp³-hybridized carbons (Fsp3) is 0.364. The number of nitrogens with zero attached hydrogens (tertiary/aromatic N) is 5. The van der Waals surface area contributed by atoms with Gasteiger partial charge in [0.15, 0.2) is 0 Å². The highest BCUT2D eigenvalue weighted by molar-refractivity contribution is 5.94. The molecule has 1 fully saturated rings. The number of benzene rings is 1. The van der Waals surface area contributed by atoms with Gasteiger partial charge in [-0.15, -0.1) is 5.10 Å². The topological polar surface area (TPSA) is 63.9 Å². The van der Waals surface area contributed by atoms with Crippen LogP contribution in [0.3, 0.4) is 0 Å². The van der Waals surface area contributed by atoms with E-state index in [4.69, 9.17) is 0 Å². The zero-order chi connectivity index (χ0) is 19.5. The molecule has 0 radical (unpaired) electrons. The summed E-state index contributed by atoms with van der Waals surface area (Å²) in [5, 5.41) is 8.50. The number of hydrogen-bond donors (Lipinski definition) is 0. The molecular weight excluding hydrogens is 350 g/mol. The smallest absolute Gasteiger partial charge is 0.253 e. The molecule has 0 saturated carbocycles. The van der Waals surface area contributed by atoms with Gasteiger partial charge in [-0.05, 0) is 68.0 Å². The molecule has 0 aliphatic carbocycles. The fourth-order valence-electron chi connectivity index (χ4n) is 3.74. The van der Waals surface area contributed by atoms with Crippen molar-refractivity contribution in [3.05, 3.63) is 65.5 Å². The van der Waals surface area contributed by atoms with Crippen LogP contribution in [0, 0.1) is 19.8 Å². The van der Waals surface area contributed by atoms with Crippen LogP contribution in [-0.4, -0.2) is 43.9 Å². The summed E-state index contributed by atoms with van der Waals surface area (Å²) in [6.07, 6.45) is 5.80.